The van der Waals surface area contributed by atoms with Crippen LogP contribution < -0.4 is 9.47 Å². The quantitative estimate of drug-likeness (QED) is 0.194. The zero-order valence-electron chi connectivity index (χ0n) is 24.1. The molecule has 0 fully saturated rings. The first kappa shape index (κ1) is 33.9. The number of allylic oxidation sites excluding steroid dienone is 8. The van der Waals surface area contributed by atoms with E-state index in [9.17, 15) is 57.9 Å². The first-order valence-corrected chi connectivity index (χ1v) is 13.3. The van der Waals surface area contributed by atoms with E-state index in [2.05, 4.69) is 9.47 Å². The highest BCUT2D eigenvalue weighted by Crippen LogP contribution is 2.60. The Kier molecular flexibility index (Phi) is 8.37. The molecule has 0 spiro atoms. The van der Waals surface area contributed by atoms with Crippen LogP contribution in [-0.2, 0) is 0 Å². The van der Waals surface area contributed by atoms with Gasteiger partial charge in [-0.1, -0.05) is 24.3 Å². The molecule has 0 aliphatic heterocycles. The molecule has 2 aliphatic rings. The molecule has 242 valence electrons. The van der Waals surface area contributed by atoms with Crippen molar-refractivity contribution in [3.8, 4) is 70.2 Å². The Balaban J connectivity index is 2.16. The number of halogens is 8. The maximum Gasteiger partial charge on any atom is 0.573 e. The second-order valence-corrected chi connectivity index (χ2v) is 9.95. The van der Waals surface area contributed by atoms with E-state index in [0.29, 0.717) is 0 Å². The average Bonchev–Trinajstić information content (AvgIpc) is 3.49. The smallest absolute Gasteiger partial charge is 0.406 e. The molecule has 3 aromatic rings. The molecule has 5 rings (SSSR count). The minimum atomic E-state index is -5.25. The minimum Gasteiger partial charge on any atom is -0.406 e. The van der Waals surface area contributed by atoms with Gasteiger partial charge in [-0.25, -0.2) is 8.78 Å². The summed E-state index contributed by atoms with van der Waals surface area (Å²) in [6, 6.07) is 16.2. The van der Waals surface area contributed by atoms with Crippen LogP contribution >= 0.6 is 0 Å². The van der Waals surface area contributed by atoms with Gasteiger partial charge in [-0.15, -0.1) is 26.3 Å². The van der Waals surface area contributed by atoms with Crippen LogP contribution in [0, 0.1) is 68.0 Å². The molecule has 0 unspecified atom stereocenters. The molecule has 0 saturated carbocycles. The summed E-state index contributed by atoms with van der Waals surface area (Å²) in [6.07, 6.45) is -10.5. The van der Waals surface area contributed by atoms with Crippen molar-refractivity contribution < 1.29 is 44.6 Å². The number of fused-ring (bicyclic) bond motifs is 2. The number of rotatable bonds is 4. The van der Waals surface area contributed by atoms with Crippen molar-refractivity contribution in [2.45, 2.75) is 12.7 Å². The standard InChI is InChI=1S/C34H8F8N6O2/c35-31-21(13-47)27-23(15-3-1-5-19(7-15)49-33(37,38)39)28-22(14-48)32(36)26(18(11-45)12-46)30(28)24(29(27)25(31)17(9-43)10-44)16-4-2-6-20(8-16)50-34(40,41)42/h1-8H. The Morgan fingerprint density at radius 2 is 0.840 bits per heavy atom. The Labute approximate surface area is 275 Å². The van der Waals surface area contributed by atoms with Crippen molar-refractivity contribution in [1.29, 1.82) is 31.6 Å². The Bertz CT molecular complexity index is 2300. The second kappa shape index (κ2) is 12.3. The third-order valence-corrected chi connectivity index (χ3v) is 7.26. The highest BCUT2D eigenvalue weighted by Gasteiger charge is 2.44. The summed E-state index contributed by atoms with van der Waals surface area (Å²) in [5, 5.41) is 59.6. The van der Waals surface area contributed by atoms with E-state index in [1.165, 1.54) is 36.4 Å². The van der Waals surface area contributed by atoms with Crippen LogP contribution in [0.4, 0.5) is 35.1 Å². The molecule has 0 amide bonds. The van der Waals surface area contributed by atoms with E-state index in [1.807, 2.05) is 0 Å². The normalized spacial score (nSPS) is 13.2. The van der Waals surface area contributed by atoms with Crippen molar-refractivity contribution in [3.63, 3.8) is 0 Å². The number of hydrogen-bond donors (Lipinski definition) is 0. The molecule has 2 aliphatic carbocycles. The summed E-state index contributed by atoms with van der Waals surface area (Å²) in [5.74, 6) is -4.84. The number of hydrogen-bond acceptors (Lipinski definition) is 8. The zero-order valence-corrected chi connectivity index (χ0v) is 24.1. The number of alkyl halides is 6. The topological polar surface area (TPSA) is 161 Å². The Hall–Kier alpha value is -7.40. The fourth-order valence-electron chi connectivity index (χ4n) is 5.67. The first-order valence-electron chi connectivity index (χ1n) is 13.3. The van der Waals surface area contributed by atoms with Crippen LogP contribution in [0.3, 0.4) is 0 Å². The monoisotopic (exact) mass is 684 g/mol. The summed E-state index contributed by atoms with van der Waals surface area (Å²) in [5.41, 5.74) is -10.1. The van der Waals surface area contributed by atoms with Gasteiger partial charge in [-0.3, -0.25) is 0 Å². The molecule has 16 heteroatoms. The molecule has 0 aromatic heterocycles. The molecule has 0 bridgehead atoms. The lowest BCUT2D eigenvalue weighted by atomic mass is 9.78. The van der Waals surface area contributed by atoms with E-state index in [0.717, 1.165) is 48.5 Å². The lowest BCUT2D eigenvalue weighted by Gasteiger charge is -2.23. The number of ether oxygens (including phenoxy) is 2. The molecule has 50 heavy (non-hydrogen) atoms. The van der Waals surface area contributed by atoms with Crippen LogP contribution in [0.15, 0.2) is 71.3 Å². The molecule has 8 nitrogen and oxygen atoms in total. The van der Waals surface area contributed by atoms with Crippen LogP contribution in [0.2, 0.25) is 0 Å². The molecule has 0 atom stereocenters. The predicted octanol–water partition coefficient (Wildman–Crippen LogP) is 8.85. The summed E-state index contributed by atoms with van der Waals surface area (Å²) in [7, 11) is 0. The van der Waals surface area contributed by atoms with Gasteiger partial charge in [0.1, 0.15) is 59.1 Å². The van der Waals surface area contributed by atoms with Gasteiger partial charge in [0.05, 0.1) is 11.1 Å². The van der Waals surface area contributed by atoms with Crippen molar-refractivity contribution in [2.75, 3.05) is 0 Å². The Morgan fingerprint density at radius 3 is 1.14 bits per heavy atom. The third-order valence-electron chi connectivity index (χ3n) is 7.26. The molecular formula is C34H8F8N6O2. The highest BCUT2D eigenvalue weighted by molar-refractivity contribution is 6.20. The molecule has 0 N–H and O–H groups in total. The summed E-state index contributed by atoms with van der Waals surface area (Å²) in [6.45, 7) is 0. The molecular weight excluding hydrogens is 676 g/mol. The van der Waals surface area contributed by atoms with Gasteiger partial charge in [0.2, 0.25) is 0 Å². The minimum absolute atomic E-state index is 0.380. The second-order valence-electron chi connectivity index (χ2n) is 9.95. The maximum absolute atomic E-state index is 16.4. The number of nitriles is 6. The van der Waals surface area contributed by atoms with Crippen LogP contribution in [0.25, 0.3) is 44.5 Å². The molecule has 3 aromatic carbocycles. The van der Waals surface area contributed by atoms with Gasteiger partial charge in [0.15, 0.2) is 11.7 Å². The Morgan fingerprint density at radius 1 is 0.500 bits per heavy atom. The lowest BCUT2D eigenvalue weighted by Crippen LogP contribution is -2.17. The summed E-state index contributed by atoms with van der Waals surface area (Å²) < 4.78 is 120. The first-order chi connectivity index (χ1) is 23.6. The fraction of sp³-hybridized carbons (Fsp3) is 0.0588. The van der Waals surface area contributed by atoms with Crippen LogP contribution in [0.1, 0.15) is 22.3 Å². The third kappa shape index (κ3) is 5.60. The van der Waals surface area contributed by atoms with E-state index in [4.69, 9.17) is 0 Å². The van der Waals surface area contributed by atoms with Crippen molar-refractivity contribution >= 4 is 22.3 Å². The molecule has 0 heterocycles. The van der Waals surface area contributed by atoms with E-state index < -0.39 is 108 Å². The van der Waals surface area contributed by atoms with E-state index in [-0.39, 0.29) is 5.56 Å². The van der Waals surface area contributed by atoms with Gasteiger partial charge >= 0.3 is 12.7 Å². The van der Waals surface area contributed by atoms with Crippen LogP contribution in [-0.4, -0.2) is 12.7 Å². The van der Waals surface area contributed by atoms with Crippen LogP contribution in [0.5, 0.6) is 11.5 Å². The molecule has 0 radical (unpaired) electrons. The zero-order chi connectivity index (χ0) is 36.7. The molecule has 0 saturated heterocycles. The van der Waals surface area contributed by atoms with Gasteiger partial charge in [-0.05, 0) is 41.0 Å². The van der Waals surface area contributed by atoms with Crippen molar-refractivity contribution in [1.82, 2.24) is 0 Å². The van der Waals surface area contributed by atoms with Crippen molar-refractivity contribution in [2.24, 2.45) is 0 Å². The van der Waals surface area contributed by atoms with Gasteiger partial charge in [0, 0.05) is 39.0 Å². The number of nitrogens with zero attached hydrogens (tertiary/aromatic N) is 6. The maximum atomic E-state index is 16.4. The average molecular weight is 684 g/mol. The van der Waals surface area contributed by atoms with E-state index >= 15 is 8.78 Å². The predicted molar refractivity (Wildman–Crippen MR) is 154 cm³/mol. The summed E-state index contributed by atoms with van der Waals surface area (Å²) >= 11 is 0. The van der Waals surface area contributed by atoms with Gasteiger partial charge in [-0.2, -0.15) is 31.6 Å². The number of benzene rings is 3. The van der Waals surface area contributed by atoms with Gasteiger partial charge < -0.3 is 9.47 Å². The SMILES string of the molecule is N#CC(C#N)=C1C(F)=C(C#N)c2c1c(-c1cccc(OC(F)(F)F)c1)c1c(c2-c2cccc(OC(F)(F)F)c2)C(C#N)=C(F)C1=C(C#N)C#N. The highest BCUT2D eigenvalue weighted by atomic mass is 19.4. The van der Waals surface area contributed by atoms with Gasteiger partial charge in [0.25, 0.3) is 0 Å². The van der Waals surface area contributed by atoms with E-state index in [1.54, 1.807) is 0 Å². The largest absolute Gasteiger partial charge is 0.573 e. The van der Waals surface area contributed by atoms with Crippen molar-refractivity contribution in [3.05, 3.63) is 93.6 Å². The fourth-order valence-corrected chi connectivity index (χ4v) is 5.67. The lowest BCUT2D eigenvalue weighted by molar-refractivity contribution is -0.275. The summed E-state index contributed by atoms with van der Waals surface area (Å²) in [4.78, 5) is 0.